The molecule has 0 bridgehead atoms. The highest BCUT2D eigenvalue weighted by Gasteiger charge is 2.10. The predicted molar refractivity (Wildman–Crippen MR) is 67.3 cm³/mol. The number of anilines is 1. The molecular weight excluding hydrogens is 245 g/mol. The Hall–Kier alpha value is -1.14. The van der Waals surface area contributed by atoms with E-state index in [1.165, 1.54) is 23.6 Å². The van der Waals surface area contributed by atoms with Crippen LogP contribution in [0, 0.1) is 5.82 Å². The average molecular weight is 255 g/mol. The Morgan fingerprint density at radius 2 is 2.31 bits per heavy atom. The number of nitrogens with one attached hydrogen (secondary N) is 1. The van der Waals surface area contributed by atoms with E-state index in [4.69, 9.17) is 0 Å². The fraction of sp³-hybridized carbons (Fsp3) is 0.200. The molecule has 0 fully saturated rings. The van der Waals surface area contributed by atoms with E-state index in [9.17, 15) is 4.39 Å². The minimum Gasteiger partial charge on any atom is -0.322 e. The second kappa shape index (κ2) is 4.80. The van der Waals surface area contributed by atoms with Crippen molar-refractivity contribution in [3.8, 4) is 10.6 Å². The molecule has 2 aromatic heterocycles. The zero-order chi connectivity index (χ0) is 11.5. The van der Waals surface area contributed by atoms with Crippen LogP contribution in [0.3, 0.4) is 0 Å². The maximum absolute atomic E-state index is 13.0. The Labute approximate surface area is 102 Å². The molecule has 2 aromatic rings. The molecule has 0 aliphatic rings. The Morgan fingerprint density at radius 1 is 1.50 bits per heavy atom. The van der Waals surface area contributed by atoms with Gasteiger partial charge in [0.05, 0.1) is 11.9 Å². The molecule has 84 valence electrons. The lowest BCUT2D eigenvalue weighted by Gasteiger charge is -1.94. The molecule has 16 heavy (non-hydrogen) atoms. The van der Waals surface area contributed by atoms with E-state index in [0.29, 0.717) is 5.56 Å². The number of nitrogens with zero attached hydrogens (tertiary/aromatic N) is 2. The van der Waals surface area contributed by atoms with Crippen LogP contribution in [0.25, 0.3) is 10.6 Å². The highest BCUT2D eigenvalue weighted by Crippen LogP contribution is 2.32. The fourth-order valence-electron chi connectivity index (χ4n) is 1.33. The van der Waals surface area contributed by atoms with Gasteiger partial charge >= 0.3 is 0 Å². The number of hydrogen-bond acceptors (Lipinski definition) is 5. The highest BCUT2D eigenvalue weighted by molar-refractivity contribution is 7.82. The van der Waals surface area contributed by atoms with Gasteiger partial charge in [-0.25, -0.2) is 9.37 Å². The molecule has 3 nitrogen and oxygen atoms in total. The Kier molecular flexibility index (Phi) is 3.40. The van der Waals surface area contributed by atoms with Crippen molar-refractivity contribution in [3.05, 3.63) is 30.0 Å². The maximum Gasteiger partial charge on any atom is 0.142 e. The molecule has 1 N–H and O–H groups in total. The lowest BCUT2D eigenvalue weighted by Crippen LogP contribution is -1.86. The maximum atomic E-state index is 13.0. The van der Waals surface area contributed by atoms with Crippen LogP contribution in [0.4, 0.5) is 9.39 Å². The van der Waals surface area contributed by atoms with Crippen LogP contribution in [0.2, 0.25) is 0 Å². The topological polar surface area (TPSA) is 37.8 Å². The number of aromatic nitrogens is 2. The SMILES string of the molecule is CCc1nc(-c2cncc(F)c2)sc1NS. The van der Waals surface area contributed by atoms with Crippen LogP contribution in [0.5, 0.6) is 0 Å². The molecule has 0 atom stereocenters. The van der Waals surface area contributed by atoms with Crippen LogP contribution in [-0.2, 0) is 6.42 Å². The van der Waals surface area contributed by atoms with Crippen molar-refractivity contribution < 1.29 is 4.39 Å². The number of thiazole rings is 1. The zero-order valence-corrected chi connectivity index (χ0v) is 10.3. The largest absolute Gasteiger partial charge is 0.322 e. The quantitative estimate of drug-likeness (QED) is 0.827. The molecule has 0 aliphatic carbocycles. The monoisotopic (exact) mass is 255 g/mol. The van der Waals surface area contributed by atoms with E-state index in [-0.39, 0.29) is 5.82 Å². The third kappa shape index (κ3) is 2.17. The van der Waals surface area contributed by atoms with E-state index in [1.54, 1.807) is 6.20 Å². The summed E-state index contributed by atoms with van der Waals surface area (Å²) in [5.74, 6) is -0.355. The average Bonchev–Trinajstić information content (AvgIpc) is 2.72. The van der Waals surface area contributed by atoms with E-state index < -0.39 is 0 Å². The normalized spacial score (nSPS) is 10.4. The summed E-state index contributed by atoms with van der Waals surface area (Å²) in [7, 11) is 0. The van der Waals surface area contributed by atoms with Gasteiger partial charge in [0.25, 0.3) is 0 Å². The first-order chi connectivity index (χ1) is 7.74. The van der Waals surface area contributed by atoms with Crippen molar-refractivity contribution in [1.82, 2.24) is 9.97 Å². The molecular formula is C10H10FN3S2. The lowest BCUT2D eigenvalue weighted by atomic mass is 10.3. The van der Waals surface area contributed by atoms with Crippen LogP contribution >= 0.6 is 24.2 Å². The van der Waals surface area contributed by atoms with E-state index in [0.717, 1.165) is 22.1 Å². The first-order valence-electron chi connectivity index (χ1n) is 4.75. The summed E-state index contributed by atoms with van der Waals surface area (Å²) < 4.78 is 15.8. The first-order valence-corrected chi connectivity index (χ1v) is 6.01. The Balaban J connectivity index is 2.44. The smallest absolute Gasteiger partial charge is 0.142 e. The number of halogens is 1. The third-order valence-electron chi connectivity index (χ3n) is 2.09. The van der Waals surface area contributed by atoms with Gasteiger partial charge in [0.1, 0.15) is 15.8 Å². The summed E-state index contributed by atoms with van der Waals surface area (Å²) in [6, 6.07) is 1.42. The van der Waals surface area contributed by atoms with Crippen molar-refractivity contribution in [2.75, 3.05) is 4.72 Å². The number of aryl methyl sites for hydroxylation is 1. The summed E-state index contributed by atoms with van der Waals surface area (Å²) in [6.07, 6.45) is 3.58. The standard InChI is InChI=1S/C10H10FN3S2/c1-2-8-10(14-15)16-9(13-8)6-3-7(11)5-12-4-6/h3-5,14-15H,2H2,1H3. The molecule has 0 aromatic carbocycles. The minimum atomic E-state index is -0.355. The predicted octanol–water partition coefficient (Wildman–Crippen LogP) is 3.16. The third-order valence-corrected chi connectivity index (χ3v) is 3.52. The van der Waals surface area contributed by atoms with E-state index in [1.807, 2.05) is 6.92 Å². The summed E-state index contributed by atoms with van der Waals surface area (Å²) >= 11 is 5.45. The van der Waals surface area contributed by atoms with Crippen molar-refractivity contribution >= 4 is 29.2 Å². The van der Waals surface area contributed by atoms with Crippen LogP contribution < -0.4 is 4.72 Å². The van der Waals surface area contributed by atoms with Gasteiger partial charge in [-0.05, 0) is 12.5 Å². The molecule has 2 heterocycles. The Bertz CT molecular complexity index is 477. The first kappa shape index (κ1) is 11.3. The molecule has 0 amide bonds. The minimum absolute atomic E-state index is 0.355. The Morgan fingerprint density at radius 3 is 2.88 bits per heavy atom. The van der Waals surface area contributed by atoms with Crippen molar-refractivity contribution in [3.63, 3.8) is 0 Å². The number of thiol groups is 1. The van der Waals surface area contributed by atoms with Crippen molar-refractivity contribution in [2.24, 2.45) is 0 Å². The molecule has 0 radical (unpaired) electrons. The molecule has 6 heteroatoms. The zero-order valence-electron chi connectivity index (χ0n) is 8.57. The van der Waals surface area contributed by atoms with Crippen molar-refractivity contribution in [1.29, 1.82) is 0 Å². The highest BCUT2D eigenvalue weighted by atomic mass is 32.1. The molecule has 2 rings (SSSR count). The van der Waals surface area contributed by atoms with Crippen LogP contribution in [0.15, 0.2) is 18.5 Å². The molecule has 0 spiro atoms. The van der Waals surface area contributed by atoms with Crippen LogP contribution in [0.1, 0.15) is 12.6 Å². The molecule has 0 saturated heterocycles. The summed E-state index contributed by atoms with van der Waals surface area (Å²) in [5.41, 5.74) is 1.62. The van der Waals surface area contributed by atoms with Gasteiger partial charge in [-0.15, -0.1) is 0 Å². The molecule has 0 aliphatic heterocycles. The van der Waals surface area contributed by atoms with Gasteiger partial charge in [0, 0.05) is 11.8 Å². The van der Waals surface area contributed by atoms with Crippen LogP contribution in [-0.4, -0.2) is 9.97 Å². The summed E-state index contributed by atoms with van der Waals surface area (Å²) in [5, 5.41) is 1.64. The van der Waals surface area contributed by atoms with Gasteiger partial charge in [-0.3, -0.25) is 4.98 Å². The molecule has 0 unspecified atom stereocenters. The number of hydrogen-bond donors (Lipinski definition) is 2. The van der Waals surface area contributed by atoms with E-state index in [2.05, 4.69) is 27.5 Å². The van der Waals surface area contributed by atoms with Crippen molar-refractivity contribution in [2.45, 2.75) is 13.3 Å². The van der Waals surface area contributed by atoms with Gasteiger partial charge < -0.3 is 4.72 Å². The number of pyridine rings is 1. The summed E-state index contributed by atoms with van der Waals surface area (Å²) in [4.78, 5) is 8.21. The fourth-order valence-corrected chi connectivity index (χ4v) is 2.53. The molecule has 0 saturated carbocycles. The van der Waals surface area contributed by atoms with Gasteiger partial charge in [-0.2, -0.15) is 0 Å². The van der Waals surface area contributed by atoms with Gasteiger partial charge in [0.2, 0.25) is 0 Å². The van der Waals surface area contributed by atoms with Gasteiger partial charge in [0.15, 0.2) is 0 Å². The van der Waals surface area contributed by atoms with E-state index >= 15 is 0 Å². The summed E-state index contributed by atoms with van der Waals surface area (Å²) in [6.45, 7) is 2.01. The lowest BCUT2D eigenvalue weighted by molar-refractivity contribution is 0.622. The number of rotatable bonds is 3. The van der Waals surface area contributed by atoms with Gasteiger partial charge in [-0.1, -0.05) is 31.1 Å². The second-order valence-electron chi connectivity index (χ2n) is 3.15. The second-order valence-corrected chi connectivity index (χ2v) is 4.37.